The van der Waals surface area contributed by atoms with Gasteiger partial charge in [0.25, 0.3) is 0 Å². The van der Waals surface area contributed by atoms with Gasteiger partial charge in [0.05, 0.1) is 16.7 Å². The van der Waals surface area contributed by atoms with Gasteiger partial charge in [-0.05, 0) is 76.0 Å². The zero-order valence-corrected chi connectivity index (χ0v) is 26.0. The molecule has 0 saturated carbocycles. The number of allylic oxidation sites excluding steroid dienone is 1. The third-order valence-corrected chi connectivity index (χ3v) is 9.60. The summed E-state index contributed by atoms with van der Waals surface area (Å²) in [5.41, 5.74) is 10.6. The first kappa shape index (κ1) is 26.8. The number of aliphatic imine (C=N–C) groups is 1. The van der Waals surface area contributed by atoms with Gasteiger partial charge in [-0.25, -0.2) is 0 Å². The monoisotopic (exact) mass is 615 g/mol. The second-order valence-corrected chi connectivity index (χ2v) is 12.4. The van der Waals surface area contributed by atoms with Crippen molar-refractivity contribution in [3.05, 3.63) is 180 Å². The first-order valence-electron chi connectivity index (χ1n) is 16.3. The second kappa shape index (κ2) is 10.6. The van der Waals surface area contributed by atoms with Crippen molar-refractivity contribution in [2.75, 3.05) is 0 Å². The molecule has 0 amide bonds. The van der Waals surface area contributed by atoms with Crippen molar-refractivity contribution in [2.24, 2.45) is 4.99 Å². The molecule has 3 heterocycles. The summed E-state index contributed by atoms with van der Waals surface area (Å²) in [6.07, 6.45) is 1.92. The van der Waals surface area contributed by atoms with Crippen LogP contribution in [0.1, 0.15) is 22.9 Å². The lowest BCUT2D eigenvalue weighted by Crippen LogP contribution is -2.24. The SMILES string of the molecule is C1=C(c2ccccc2)NC(c2ccc(-n3c4cc5ccccc5cc4c4c5c(ccc43)oc3ccccc35)cc2)N=C1c1ccccc1. The zero-order chi connectivity index (χ0) is 31.6. The minimum Gasteiger partial charge on any atom is -0.456 e. The van der Waals surface area contributed by atoms with Gasteiger partial charge >= 0.3 is 0 Å². The molecule has 1 aliphatic heterocycles. The highest BCUT2D eigenvalue weighted by atomic mass is 16.3. The summed E-state index contributed by atoms with van der Waals surface area (Å²) in [6, 6.07) is 55.7. The Hall–Kier alpha value is -6.39. The van der Waals surface area contributed by atoms with Crippen LogP contribution in [0.2, 0.25) is 0 Å². The van der Waals surface area contributed by atoms with E-state index in [9.17, 15) is 0 Å². The molecule has 48 heavy (non-hydrogen) atoms. The van der Waals surface area contributed by atoms with Crippen LogP contribution in [0.25, 0.3) is 65.9 Å². The Morgan fingerprint density at radius 2 is 1.23 bits per heavy atom. The Balaban J connectivity index is 1.15. The minimum atomic E-state index is -0.228. The van der Waals surface area contributed by atoms with Crippen molar-refractivity contribution < 1.29 is 4.42 Å². The van der Waals surface area contributed by atoms with E-state index in [2.05, 4.69) is 155 Å². The molecule has 0 saturated heterocycles. The van der Waals surface area contributed by atoms with Crippen molar-refractivity contribution in [1.82, 2.24) is 9.88 Å². The molecule has 0 aliphatic carbocycles. The summed E-state index contributed by atoms with van der Waals surface area (Å²) in [5, 5.41) is 10.9. The van der Waals surface area contributed by atoms with Crippen molar-refractivity contribution >= 4 is 65.9 Å². The molecule has 9 aromatic rings. The number of furan rings is 1. The van der Waals surface area contributed by atoms with E-state index < -0.39 is 0 Å². The fourth-order valence-corrected chi connectivity index (χ4v) is 7.34. The fraction of sp³-hybridized carbons (Fsp3) is 0.0227. The van der Waals surface area contributed by atoms with E-state index in [-0.39, 0.29) is 6.17 Å². The van der Waals surface area contributed by atoms with Crippen LogP contribution in [-0.2, 0) is 0 Å². The normalized spacial score (nSPS) is 14.9. The summed E-state index contributed by atoms with van der Waals surface area (Å²) in [6.45, 7) is 0. The molecule has 0 bridgehead atoms. The van der Waals surface area contributed by atoms with E-state index >= 15 is 0 Å². The van der Waals surface area contributed by atoms with Crippen molar-refractivity contribution in [3.8, 4) is 5.69 Å². The van der Waals surface area contributed by atoms with E-state index in [4.69, 9.17) is 9.41 Å². The van der Waals surface area contributed by atoms with Crippen LogP contribution in [0, 0.1) is 0 Å². The molecule has 4 nitrogen and oxygen atoms in total. The Kier molecular flexibility index (Phi) is 5.90. The Morgan fingerprint density at radius 1 is 0.542 bits per heavy atom. The molecule has 1 unspecified atom stereocenters. The van der Waals surface area contributed by atoms with Crippen LogP contribution in [0.4, 0.5) is 0 Å². The number of nitrogens with zero attached hydrogens (tertiary/aromatic N) is 2. The lowest BCUT2D eigenvalue weighted by atomic mass is 10.0. The molecule has 1 aliphatic rings. The summed E-state index contributed by atoms with van der Waals surface area (Å²) in [5.74, 6) is 0. The highest BCUT2D eigenvalue weighted by molar-refractivity contribution is 6.28. The highest BCUT2D eigenvalue weighted by Crippen LogP contribution is 2.42. The van der Waals surface area contributed by atoms with Crippen LogP contribution >= 0.6 is 0 Å². The average Bonchev–Trinajstić information content (AvgIpc) is 3.69. The van der Waals surface area contributed by atoms with Gasteiger partial charge in [-0.15, -0.1) is 0 Å². The molecule has 1 N–H and O–H groups in total. The standard InChI is InChI=1S/C44H29N3O/c1-3-11-28(12-4-1)36-27-37(29-13-5-2-6-14-29)46-44(45-36)30-19-21-33(22-20-30)47-38-23-24-41-43(34-17-9-10-18-40(34)48-41)42(38)35-25-31-15-7-8-16-32(31)26-39(35)47/h1-27,44-45H. The van der Waals surface area contributed by atoms with Gasteiger partial charge in [0.15, 0.2) is 0 Å². The zero-order valence-electron chi connectivity index (χ0n) is 26.0. The van der Waals surface area contributed by atoms with Crippen LogP contribution in [0.5, 0.6) is 0 Å². The van der Waals surface area contributed by atoms with Crippen LogP contribution in [0.15, 0.2) is 173 Å². The molecular weight excluding hydrogens is 587 g/mol. The lowest BCUT2D eigenvalue weighted by molar-refractivity contribution is 0.664. The van der Waals surface area contributed by atoms with E-state index in [1.54, 1.807) is 0 Å². The summed E-state index contributed by atoms with van der Waals surface area (Å²) >= 11 is 0. The molecule has 7 aromatic carbocycles. The number of hydrogen-bond acceptors (Lipinski definition) is 3. The van der Waals surface area contributed by atoms with E-state index in [1.165, 1.54) is 27.1 Å². The predicted molar refractivity (Wildman–Crippen MR) is 199 cm³/mol. The number of para-hydroxylation sites is 1. The molecule has 0 fully saturated rings. The Morgan fingerprint density at radius 3 is 2.02 bits per heavy atom. The Bertz CT molecular complexity index is 2730. The van der Waals surface area contributed by atoms with E-state index in [1.807, 2.05) is 18.2 Å². The first-order valence-corrected chi connectivity index (χ1v) is 16.3. The minimum absolute atomic E-state index is 0.228. The average molecular weight is 616 g/mol. The third kappa shape index (κ3) is 4.20. The maximum absolute atomic E-state index is 6.34. The third-order valence-electron chi connectivity index (χ3n) is 9.60. The summed E-state index contributed by atoms with van der Waals surface area (Å²) in [7, 11) is 0. The number of fused-ring (bicyclic) bond motifs is 8. The molecule has 226 valence electrons. The number of nitrogens with one attached hydrogen (secondary N) is 1. The molecule has 1 atom stereocenters. The number of hydrogen-bond donors (Lipinski definition) is 1. The van der Waals surface area contributed by atoms with Gasteiger partial charge in [0, 0.05) is 32.9 Å². The fourth-order valence-electron chi connectivity index (χ4n) is 7.34. The highest BCUT2D eigenvalue weighted by Gasteiger charge is 2.22. The lowest BCUT2D eigenvalue weighted by Gasteiger charge is -2.25. The maximum Gasteiger partial charge on any atom is 0.145 e. The number of benzene rings is 7. The molecule has 2 aromatic heterocycles. The topological polar surface area (TPSA) is 42.5 Å². The van der Waals surface area contributed by atoms with Crippen molar-refractivity contribution in [1.29, 1.82) is 0 Å². The van der Waals surface area contributed by atoms with Gasteiger partial charge < -0.3 is 14.3 Å². The summed E-state index contributed by atoms with van der Waals surface area (Å²) in [4.78, 5) is 5.19. The van der Waals surface area contributed by atoms with Crippen LogP contribution in [0.3, 0.4) is 0 Å². The first-order chi connectivity index (χ1) is 23.8. The largest absolute Gasteiger partial charge is 0.456 e. The second-order valence-electron chi connectivity index (χ2n) is 12.4. The summed E-state index contributed by atoms with van der Waals surface area (Å²) < 4.78 is 8.74. The van der Waals surface area contributed by atoms with Crippen molar-refractivity contribution in [2.45, 2.75) is 6.17 Å². The van der Waals surface area contributed by atoms with Gasteiger partial charge in [-0.2, -0.15) is 0 Å². The van der Waals surface area contributed by atoms with E-state index in [0.29, 0.717) is 0 Å². The number of aromatic nitrogens is 1. The van der Waals surface area contributed by atoms with E-state index in [0.717, 1.165) is 61.2 Å². The van der Waals surface area contributed by atoms with Gasteiger partial charge in [-0.3, -0.25) is 4.99 Å². The quantitative estimate of drug-likeness (QED) is 0.214. The van der Waals surface area contributed by atoms with Crippen molar-refractivity contribution in [3.63, 3.8) is 0 Å². The molecule has 4 heteroatoms. The number of rotatable bonds is 4. The van der Waals surface area contributed by atoms with Gasteiger partial charge in [0.1, 0.15) is 17.3 Å². The smallest absolute Gasteiger partial charge is 0.145 e. The van der Waals surface area contributed by atoms with Crippen LogP contribution in [-0.4, -0.2) is 10.3 Å². The van der Waals surface area contributed by atoms with Gasteiger partial charge in [-0.1, -0.05) is 115 Å². The molecule has 0 radical (unpaired) electrons. The molecular formula is C44H29N3O. The maximum atomic E-state index is 6.34. The predicted octanol–water partition coefficient (Wildman–Crippen LogP) is 11.0. The molecule has 10 rings (SSSR count). The molecule has 0 spiro atoms. The van der Waals surface area contributed by atoms with Gasteiger partial charge in [0.2, 0.25) is 0 Å². The Labute approximate surface area is 276 Å². The van der Waals surface area contributed by atoms with Crippen LogP contribution < -0.4 is 5.32 Å².